The third-order valence-corrected chi connectivity index (χ3v) is 4.25. The molecule has 0 spiro atoms. The van der Waals surface area contributed by atoms with Crippen LogP contribution in [-0.2, 0) is 9.53 Å². The number of carbonyl (C=O) groups excluding carboxylic acids is 1. The molecule has 0 saturated heterocycles. The Morgan fingerprint density at radius 1 is 1.11 bits per heavy atom. The minimum Gasteiger partial charge on any atom is -0.370 e. The molecule has 2 heteroatoms. The fourth-order valence-corrected chi connectivity index (χ4v) is 2.96. The van der Waals surface area contributed by atoms with Gasteiger partial charge in [-0.15, -0.1) is 0 Å². The normalized spacial score (nSPS) is 19.1. The molecule has 0 atom stereocenters. The smallest absolute Gasteiger partial charge is 0.164 e. The lowest BCUT2D eigenvalue weighted by Crippen LogP contribution is -2.42. The number of unbranched alkanes of at least 4 members (excludes halogenated alkanes) is 2. The van der Waals surface area contributed by atoms with Crippen molar-refractivity contribution in [3.8, 4) is 0 Å². The van der Waals surface area contributed by atoms with Crippen LogP contribution in [-0.4, -0.2) is 18.5 Å². The lowest BCUT2D eigenvalue weighted by Gasteiger charge is -2.34. The zero-order valence-corrected chi connectivity index (χ0v) is 12.5. The third kappa shape index (κ3) is 4.72. The predicted octanol–water partition coefficient (Wildman–Crippen LogP) is 4.51. The Hall–Kier alpha value is -0.370. The molecular formula is C16H30O2. The van der Waals surface area contributed by atoms with Crippen LogP contribution in [0.25, 0.3) is 0 Å². The van der Waals surface area contributed by atoms with E-state index in [1.165, 1.54) is 25.7 Å². The van der Waals surface area contributed by atoms with Crippen LogP contribution in [0, 0.1) is 5.92 Å². The van der Waals surface area contributed by atoms with Crippen LogP contribution in [0.4, 0.5) is 0 Å². The van der Waals surface area contributed by atoms with Crippen molar-refractivity contribution in [2.45, 2.75) is 83.7 Å². The lowest BCUT2D eigenvalue weighted by atomic mass is 9.80. The van der Waals surface area contributed by atoms with E-state index in [-0.39, 0.29) is 0 Å². The Balaban J connectivity index is 2.25. The van der Waals surface area contributed by atoms with E-state index in [0.29, 0.717) is 12.2 Å². The van der Waals surface area contributed by atoms with Gasteiger partial charge >= 0.3 is 0 Å². The molecule has 106 valence electrons. The third-order valence-electron chi connectivity index (χ3n) is 4.25. The SMILES string of the molecule is COC1(C(=O)CCCCCC(C)C)CCCCC1. The van der Waals surface area contributed by atoms with Crippen LogP contribution in [0.5, 0.6) is 0 Å². The first-order chi connectivity index (χ1) is 8.60. The van der Waals surface area contributed by atoms with E-state index in [0.717, 1.165) is 38.0 Å². The number of ketones is 1. The molecule has 0 aromatic carbocycles. The largest absolute Gasteiger partial charge is 0.370 e. The molecule has 0 aromatic heterocycles. The predicted molar refractivity (Wildman–Crippen MR) is 75.8 cm³/mol. The molecular weight excluding hydrogens is 224 g/mol. The topological polar surface area (TPSA) is 26.3 Å². The zero-order chi connectivity index (χ0) is 13.4. The minimum absolute atomic E-state index is 0.356. The van der Waals surface area contributed by atoms with Crippen molar-refractivity contribution in [2.24, 2.45) is 5.92 Å². The molecule has 0 heterocycles. The van der Waals surface area contributed by atoms with Crippen molar-refractivity contribution in [1.29, 1.82) is 0 Å². The molecule has 0 aromatic rings. The number of hydrogen-bond donors (Lipinski definition) is 0. The molecule has 0 N–H and O–H groups in total. The molecule has 1 saturated carbocycles. The van der Waals surface area contributed by atoms with Crippen LogP contribution >= 0.6 is 0 Å². The quantitative estimate of drug-likeness (QED) is 0.596. The Kier molecular flexibility index (Phi) is 6.91. The van der Waals surface area contributed by atoms with Gasteiger partial charge in [-0.05, 0) is 25.2 Å². The van der Waals surface area contributed by atoms with Crippen molar-refractivity contribution in [3.05, 3.63) is 0 Å². The second kappa shape index (κ2) is 7.93. The van der Waals surface area contributed by atoms with Gasteiger partial charge in [-0.25, -0.2) is 0 Å². The summed E-state index contributed by atoms with van der Waals surface area (Å²) in [5.74, 6) is 1.14. The molecule has 18 heavy (non-hydrogen) atoms. The van der Waals surface area contributed by atoms with Gasteiger partial charge < -0.3 is 4.74 Å². The van der Waals surface area contributed by atoms with E-state index < -0.39 is 5.60 Å². The molecule has 2 nitrogen and oxygen atoms in total. The van der Waals surface area contributed by atoms with Crippen molar-refractivity contribution < 1.29 is 9.53 Å². The van der Waals surface area contributed by atoms with Gasteiger partial charge in [0.15, 0.2) is 5.78 Å². The van der Waals surface area contributed by atoms with Crippen LogP contribution in [0.2, 0.25) is 0 Å². The summed E-state index contributed by atoms with van der Waals surface area (Å²) in [5.41, 5.74) is -0.420. The summed E-state index contributed by atoms with van der Waals surface area (Å²) >= 11 is 0. The van der Waals surface area contributed by atoms with E-state index in [9.17, 15) is 4.79 Å². The fraction of sp³-hybridized carbons (Fsp3) is 0.938. The molecule has 0 aliphatic heterocycles. The molecule has 1 fully saturated rings. The molecule has 1 aliphatic carbocycles. The van der Waals surface area contributed by atoms with Crippen molar-refractivity contribution >= 4 is 5.78 Å². The second-order valence-corrected chi connectivity index (χ2v) is 6.18. The fourth-order valence-electron chi connectivity index (χ4n) is 2.96. The average molecular weight is 254 g/mol. The number of carbonyl (C=O) groups is 1. The highest BCUT2D eigenvalue weighted by atomic mass is 16.5. The van der Waals surface area contributed by atoms with E-state index >= 15 is 0 Å². The number of rotatable bonds is 8. The molecule has 1 rings (SSSR count). The van der Waals surface area contributed by atoms with Gasteiger partial charge in [0.2, 0.25) is 0 Å². The molecule has 0 unspecified atom stereocenters. The zero-order valence-electron chi connectivity index (χ0n) is 12.5. The van der Waals surface area contributed by atoms with E-state index in [2.05, 4.69) is 13.8 Å². The van der Waals surface area contributed by atoms with Crippen LogP contribution in [0.1, 0.15) is 78.1 Å². The summed E-state index contributed by atoms with van der Waals surface area (Å²) in [7, 11) is 1.71. The van der Waals surface area contributed by atoms with Gasteiger partial charge in [-0.2, -0.15) is 0 Å². The summed E-state index contributed by atoms with van der Waals surface area (Å²) in [6.07, 6.45) is 10.9. The second-order valence-electron chi connectivity index (χ2n) is 6.18. The van der Waals surface area contributed by atoms with E-state index in [1.54, 1.807) is 7.11 Å². The first-order valence-corrected chi connectivity index (χ1v) is 7.69. The number of ether oxygens (including phenoxy) is 1. The van der Waals surface area contributed by atoms with Crippen molar-refractivity contribution in [1.82, 2.24) is 0 Å². The van der Waals surface area contributed by atoms with Gasteiger partial charge in [0.1, 0.15) is 5.60 Å². The Morgan fingerprint density at radius 3 is 2.33 bits per heavy atom. The van der Waals surface area contributed by atoms with E-state index in [1.807, 2.05) is 0 Å². The molecule has 0 bridgehead atoms. The van der Waals surface area contributed by atoms with Gasteiger partial charge in [-0.3, -0.25) is 4.79 Å². The maximum atomic E-state index is 12.3. The first kappa shape index (κ1) is 15.7. The first-order valence-electron chi connectivity index (χ1n) is 7.69. The minimum atomic E-state index is -0.420. The summed E-state index contributed by atoms with van der Waals surface area (Å²) in [5, 5.41) is 0. The summed E-state index contributed by atoms with van der Waals surface area (Å²) < 4.78 is 5.59. The number of hydrogen-bond acceptors (Lipinski definition) is 2. The number of Topliss-reactive ketones (excluding diaryl/α,β-unsaturated/α-hetero) is 1. The van der Waals surface area contributed by atoms with Gasteiger partial charge in [0, 0.05) is 13.5 Å². The van der Waals surface area contributed by atoms with Gasteiger partial charge in [0.05, 0.1) is 0 Å². The summed E-state index contributed by atoms with van der Waals surface area (Å²) in [6, 6.07) is 0. The maximum Gasteiger partial charge on any atom is 0.164 e. The molecule has 0 amide bonds. The molecule has 0 radical (unpaired) electrons. The highest BCUT2D eigenvalue weighted by Gasteiger charge is 2.38. The Labute approximate surface area is 112 Å². The Morgan fingerprint density at radius 2 is 1.78 bits per heavy atom. The maximum absolute atomic E-state index is 12.3. The monoisotopic (exact) mass is 254 g/mol. The van der Waals surface area contributed by atoms with Crippen LogP contribution in [0.15, 0.2) is 0 Å². The van der Waals surface area contributed by atoms with Crippen LogP contribution < -0.4 is 0 Å². The average Bonchev–Trinajstić information content (AvgIpc) is 2.38. The summed E-state index contributed by atoms with van der Waals surface area (Å²) in [4.78, 5) is 12.3. The highest BCUT2D eigenvalue weighted by molar-refractivity contribution is 5.87. The number of methoxy groups -OCH3 is 1. The summed E-state index contributed by atoms with van der Waals surface area (Å²) in [6.45, 7) is 4.51. The van der Waals surface area contributed by atoms with E-state index in [4.69, 9.17) is 4.74 Å². The standard InChI is InChI=1S/C16H30O2/c1-14(2)10-6-4-7-11-15(17)16(18-3)12-8-5-9-13-16/h14H,4-13H2,1-3H3. The van der Waals surface area contributed by atoms with Crippen LogP contribution in [0.3, 0.4) is 0 Å². The Bertz CT molecular complexity index is 239. The lowest BCUT2D eigenvalue weighted by molar-refractivity contribution is -0.145. The van der Waals surface area contributed by atoms with Gasteiger partial charge in [-0.1, -0.05) is 52.4 Å². The van der Waals surface area contributed by atoms with Gasteiger partial charge in [0.25, 0.3) is 0 Å². The van der Waals surface area contributed by atoms with Crippen molar-refractivity contribution in [2.75, 3.05) is 7.11 Å². The van der Waals surface area contributed by atoms with Crippen molar-refractivity contribution in [3.63, 3.8) is 0 Å². The highest BCUT2D eigenvalue weighted by Crippen LogP contribution is 2.33. The molecule has 1 aliphatic rings.